The van der Waals surface area contributed by atoms with Gasteiger partial charge in [0.05, 0.1) is 26.1 Å². The van der Waals surface area contributed by atoms with Gasteiger partial charge in [-0.3, -0.25) is 18.1 Å². The van der Waals surface area contributed by atoms with E-state index in [-0.39, 0.29) is 30.7 Å². The largest absolute Gasteiger partial charge is 0.476 e. The van der Waals surface area contributed by atoms with Crippen molar-refractivity contribution in [1.29, 1.82) is 0 Å². The summed E-state index contributed by atoms with van der Waals surface area (Å²) in [6, 6.07) is 0. The lowest BCUT2D eigenvalue weighted by atomic mass is 9.98. The van der Waals surface area contributed by atoms with E-state index in [0.717, 1.165) is 12.8 Å². The lowest BCUT2D eigenvalue weighted by Crippen LogP contribution is -2.44. The summed E-state index contributed by atoms with van der Waals surface area (Å²) in [5, 5.41) is 0. The first-order valence-electron chi connectivity index (χ1n) is 10.3. The van der Waals surface area contributed by atoms with E-state index in [9.17, 15) is 4.57 Å². The van der Waals surface area contributed by atoms with E-state index in [2.05, 4.69) is 15.0 Å². The van der Waals surface area contributed by atoms with Crippen molar-refractivity contribution in [3.05, 3.63) is 6.33 Å². The number of phosphoric acid groups is 1. The number of alkyl halides is 1. The van der Waals surface area contributed by atoms with Gasteiger partial charge < -0.3 is 15.2 Å². The van der Waals surface area contributed by atoms with E-state index in [0.29, 0.717) is 18.5 Å². The highest BCUT2D eigenvalue weighted by Crippen LogP contribution is 2.59. The van der Waals surface area contributed by atoms with Crippen molar-refractivity contribution in [2.75, 3.05) is 25.6 Å². The van der Waals surface area contributed by atoms with Crippen molar-refractivity contribution in [1.82, 2.24) is 19.5 Å². The van der Waals surface area contributed by atoms with Crippen LogP contribution in [-0.2, 0) is 22.9 Å². The number of phosphoric ester groups is 1. The monoisotopic (exact) mass is 459 g/mol. The number of nitrogen functional groups attached to an aromatic ring is 1. The Bertz CT molecular complexity index is 988. The molecular formula is C18H27FN5O6P. The lowest BCUT2D eigenvalue weighted by molar-refractivity contribution is -0.0707. The molecule has 4 rings (SSSR count). The van der Waals surface area contributed by atoms with Gasteiger partial charge in [-0.2, -0.15) is 9.97 Å². The van der Waals surface area contributed by atoms with E-state index in [1.807, 2.05) is 13.8 Å². The molecule has 2 aliphatic heterocycles. The summed E-state index contributed by atoms with van der Waals surface area (Å²) in [6.45, 7) is 5.73. The Morgan fingerprint density at radius 1 is 1.35 bits per heavy atom. The van der Waals surface area contributed by atoms with Crippen LogP contribution in [0.1, 0.15) is 46.3 Å². The normalized spacial score (nSPS) is 33.0. The second-order valence-corrected chi connectivity index (χ2v) is 9.31. The van der Waals surface area contributed by atoms with Gasteiger partial charge in [0, 0.05) is 0 Å². The van der Waals surface area contributed by atoms with Crippen LogP contribution in [0.2, 0.25) is 0 Å². The highest BCUT2D eigenvalue weighted by atomic mass is 31.2. The van der Waals surface area contributed by atoms with Gasteiger partial charge in [0.15, 0.2) is 23.1 Å². The first kappa shape index (κ1) is 22.3. The number of fused-ring (bicyclic) bond motifs is 2. The lowest BCUT2D eigenvalue weighted by Gasteiger charge is -2.33. The average Bonchev–Trinajstić information content (AvgIpc) is 3.24. The van der Waals surface area contributed by atoms with Gasteiger partial charge in [0.1, 0.15) is 12.2 Å². The molecule has 4 heterocycles. The van der Waals surface area contributed by atoms with Gasteiger partial charge in [-0.05, 0) is 19.8 Å². The standard InChI is InChI=1S/C18H27FN5O6P/c1-4-6-8-27-31(25)28-9-11-13(30-31)18(3,19)16(29-11)24-10-21-12-14(24)22-17(20)23-15(12)26-7-5-2/h10-11,13,16H,4-9H2,1-3H3,(H2,20,22,23)/t11-,13-,16-,18-,31-/m1/s1. The molecule has 0 spiro atoms. The molecule has 5 atom stereocenters. The number of rotatable bonds is 8. The number of hydrogen-bond donors (Lipinski definition) is 1. The maximum Gasteiger partial charge on any atom is 0.475 e. The zero-order chi connectivity index (χ0) is 22.2. The molecule has 2 fully saturated rings. The first-order valence-corrected chi connectivity index (χ1v) is 11.8. The molecule has 2 N–H and O–H groups in total. The number of halogens is 1. The first-order chi connectivity index (χ1) is 14.8. The minimum Gasteiger partial charge on any atom is -0.476 e. The number of anilines is 1. The van der Waals surface area contributed by atoms with E-state index in [1.54, 1.807) is 0 Å². The fraction of sp³-hybridized carbons (Fsp3) is 0.722. The molecule has 11 nitrogen and oxygen atoms in total. The van der Waals surface area contributed by atoms with Gasteiger partial charge in [-0.15, -0.1) is 0 Å². The molecule has 2 aliphatic rings. The Kier molecular flexibility index (Phi) is 6.19. The Balaban J connectivity index is 1.62. The second-order valence-electron chi connectivity index (χ2n) is 7.69. The summed E-state index contributed by atoms with van der Waals surface area (Å²) in [6.07, 6.45) is 0.557. The van der Waals surface area contributed by atoms with E-state index in [4.69, 9.17) is 28.8 Å². The van der Waals surface area contributed by atoms with Gasteiger partial charge >= 0.3 is 7.82 Å². The molecule has 2 saturated heterocycles. The highest BCUT2D eigenvalue weighted by molar-refractivity contribution is 7.48. The third-order valence-electron chi connectivity index (χ3n) is 5.17. The van der Waals surface area contributed by atoms with Crippen LogP contribution in [0.4, 0.5) is 10.3 Å². The Hall–Kier alpha value is -1.85. The predicted molar refractivity (Wildman–Crippen MR) is 108 cm³/mol. The van der Waals surface area contributed by atoms with Crippen molar-refractivity contribution >= 4 is 24.9 Å². The molecule has 0 bridgehead atoms. The second kappa shape index (κ2) is 8.59. The van der Waals surface area contributed by atoms with Crippen LogP contribution in [0.25, 0.3) is 11.2 Å². The van der Waals surface area contributed by atoms with Crippen LogP contribution in [-0.4, -0.2) is 57.2 Å². The van der Waals surface area contributed by atoms with Crippen molar-refractivity contribution in [3.8, 4) is 5.88 Å². The number of ether oxygens (including phenoxy) is 2. The number of aromatic nitrogens is 4. The molecular weight excluding hydrogens is 432 g/mol. The molecule has 0 saturated carbocycles. The van der Waals surface area contributed by atoms with Gasteiger partial charge in [0.2, 0.25) is 11.8 Å². The summed E-state index contributed by atoms with van der Waals surface area (Å²) in [5.74, 6) is 0.178. The smallest absolute Gasteiger partial charge is 0.475 e. The van der Waals surface area contributed by atoms with E-state index in [1.165, 1.54) is 17.8 Å². The minimum atomic E-state index is -3.88. The van der Waals surface area contributed by atoms with Crippen LogP contribution < -0.4 is 10.5 Å². The van der Waals surface area contributed by atoms with Crippen LogP contribution in [0.5, 0.6) is 5.88 Å². The van der Waals surface area contributed by atoms with Crippen LogP contribution in [0.3, 0.4) is 0 Å². The quantitative estimate of drug-likeness (QED) is 0.463. The predicted octanol–water partition coefficient (Wildman–Crippen LogP) is 3.16. The molecule has 2 aromatic heterocycles. The van der Waals surface area contributed by atoms with Gasteiger partial charge in [-0.1, -0.05) is 20.3 Å². The van der Waals surface area contributed by atoms with E-state index < -0.39 is 31.9 Å². The van der Waals surface area contributed by atoms with Gasteiger partial charge in [0.25, 0.3) is 0 Å². The van der Waals surface area contributed by atoms with Crippen LogP contribution >= 0.6 is 7.82 Å². The third kappa shape index (κ3) is 4.14. The molecule has 0 unspecified atom stereocenters. The van der Waals surface area contributed by atoms with Crippen molar-refractivity contribution < 1.29 is 32.0 Å². The Morgan fingerprint density at radius 3 is 2.90 bits per heavy atom. The molecule has 172 valence electrons. The summed E-state index contributed by atoms with van der Waals surface area (Å²) in [4.78, 5) is 12.6. The van der Waals surface area contributed by atoms with Crippen LogP contribution in [0.15, 0.2) is 6.33 Å². The third-order valence-corrected chi connectivity index (χ3v) is 6.62. The average molecular weight is 459 g/mol. The Labute approximate surface area is 179 Å². The summed E-state index contributed by atoms with van der Waals surface area (Å²) >= 11 is 0. The summed E-state index contributed by atoms with van der Waals surface area (Å²) in [7, 11) is -3.88. The number of nitrogens with zero attached hydrogens (tertiary/aromatic N) is 4. The molecule has 31 heavy (non-hydrogen) atoms. The van der Waals surface area contributed by atoms with E-state index >= 15 is 4.39 Å². The zero-order valence-electron chi connectivity index (χ0n) is 17.7. The minimum absolute atomic E-state index is 0.0373. The zero-order valence-corrected chi connectivity index (χ0v) is 18.6. The van der Waals surface area contributed by atoms with Crippen molar-refractivity contribution in [2.45, 2.75) is 64.1 Å². The topological polar surface area (TPSA) is 133 Å². The molecule has 0 aliphatic carbocycles. The SMILES string of the molecule is CCCCO[P@]1(=O)OC[C@H]2O[C@@H](n3cnc4c(OCCC)nc(N)nc43)[C@](C)(F)[C@@H]2O1. The molecule has 0 aromatic carbocycles. The van der Waals surface area contributed by atoms with Crippen molar-refractivity contribution in [2.24, 2.45) is 0 Å². The number of nitrogens with two attached hydrogens (primary N) is 1. The number of imidazole rings is 1. The summed E-state index contributed by atoms with van der Waals surface area (Å²) in [5.41, 5.74) is 4.33. The Morgan fingerprint density at radius 2 is 2.16 bits per heavy atom. The maximum absolute atomic E-state index is 16.0. The molecule has 2 aromatic rings. The fourth-order valence-electron chi connectivity index (χ4n) is 3.61. The van der Waals surface area contributed by atoms with Crippen molar-refractivity contribution in [3.63, 3.8) is 0 Å². The molecule has 13 heteroatoms. The highest BCUT2D eigenvalue weighted by Gasteiger charge is 2.61. The van der Waals surface area contributed by atoms with Gasteiger partial charge in [-0.25, -0.2) is 13.9 Å². The fourth-order valence-corrected chi connectivity index (χ4v) is 5.11. The van der Waals surface area contributed by atoms with Crippen LogP contribution in [0, 0.1) is 0 Å². The molecule has 0 radical (unpaired) electrons. The number of hydrogen-bond acceptors (Lipinski definition) is 10. The number of unbranched alkanes of at least 4 members (excludes halogenated alkanes) is 1. The summed E-state index contributed by atoms with van der Waals surface area (Å²) < 4.78 is 57.8. The maximum atomic E-state index is 16.0. The molecule has 0 amide bonds.